The highest BCUT2D eigenvalue weighted by Gasteiger charge is 2.22. The van der Waals surface area contributed by atoms with Gasteiger partial charge in [-0.1, -0.05) is 42.1 Å². The van der Waals surface area contributed by atoms with E-state index < -0.39 is 0 Å². The predicted molar refractivity (Wildman–Crippen MR) is 91.1 cm³/mol. The molecule has 0 bridgehead atoms. The van der Waals surface area contributed by atoms with Crippen LogP contribution >= 0.6 is 11.8 Å². The van der Waals surface area contributed by atoms with Gasteiger partial charge in [0.1, 0.15) is 11.5 Å². The monoisotopic (exact) mass is 303 g/mol. The molecule has 0 aliphatic carbocycles. The normalized spacial score (nSPS) is 13.0. The summed E-state index contributed by atoms with van der Waals surface area (Å²) in [4.78, 5) is 2.39. The molecule has 0 saturated heterocycles. The van der Waals surface area contributed by atoms with Crippen LogP contribution in [0.3, 0.4) is 0 Å². The highest BCUT2D eigenvalue weighted by atomic mass is 32.2. The van der Waals surface area contributed by atoms with Crippen LogP contribution < -0.4 is 4.74 Å². The van der Waals surface area contributed by atoms with E-state index in [0.717, 1.165) is 11.5 Å². The first-order chi connectivity index (χ1) is 10.8. The topological polar surface area (TPSA) is 14.2 Å². The minimum Gasteiger partial charge on any atom is -0.455 e. The van der Waals surface area contributed by atoms with E-state index in [1.54, 1.807) is 11.8 Å². The summed E-state index contributed by atoms with van der Waals surface area (Å²) >= 11 is 1.80. The number of hydrogen-bond donors (Lipinski definition) is 0. The van der Waals surface area contributed by atoms with Crippen molar-refractivity contribution in [3.05, 3.63) is 60.7 Å². The average Bonchev–Trinajstić information content (AvgIpc) is 2.87. The molecule has 5 rings (SSSR count). The van der Waals surface area contributed by atoms with E-state index in [1.807, 2.05) is 12.1 Å². The van der Waals surface area contributed by atoms with Gasteiger partial charge in [0.15, 0.2) is 0 Å². The molecule has 3 heteroatoms. The summed E-state index contributed by atoms with van der Waals surface area (Å²) in [6.07, 6.45) is 0. The van der Waals surface area contributed by atoms with Gasteiger partial charge in [-0.25, -0.2) is 0 Å². The smallest absolute Gasteiger partial charge is 0.142 e. The van der Waals surface area contributed by atoms with Crippen molar-refractivity contribution in [1.29, 1.82) is 0 Å². The molecule has 0 spiro atoms. The third-order valence-electron chi connectivity index (χ3n) is 4.28. The molecule has 0 saturated carbocycles. The number of para-hydroxylation sites is 2. The second-order valence-electron chi connectivity index (χ2n) is 5.51. The second kappa shape index (κ2) is 4.31. The van der Waals surface area contributed by atoms with Crippen LogP contribution in [0.5, 0.6) is 11.5 Å². The van der Waals surface area contributed by atoms with Crippen LogP contribution in [-0.4, -0.2) is 4.57 Å². The highest BCUT2D eigenvalue weighted by Crippen LogP contribution is 2.51. The zero-order valence-electron chi connectivity index (χ0n) is 12.0. The van der Waals surface area contributed by atoms with Crippen LogP contribution in [0, 0.1) is 0 Å². The van der Waals surface area contributed by atoms with Gasteiger partial charge in [-0.2, -0.15) is 0 Å². The summed E-state index contributed by atoms with van der Waals surface area (Å²) in [5.41, 5.74) is 2.50. The molecule has 1 aliphatic rings. The SMILES string of the molecule is Cn1c2ccccc2c2c3c(ccc21)Oc1ccccc1S3. The van der Waals surface area contributed by atoms with Crippen molar-refractivity contribution in [2.75, 3.05) is 0 Å². The molecule has 4 aromatic rings. The Hall–Kier alpha value is -2.39. The Balaban J connectivity index is 1.89. The van der Waals surface area contributed by atoms with Gasteiger partial charge >= 0.3 is 0 Å². The lowest BCUT2D eigenvalue weighted by Gasteiger charge is -2.20. The zero-order chi connectivity index (χ0) is 14.7. The maximum Gasteiger partial charge on any atom is 0.142 e. The van der Waals surface area contributed by atoms with Crippen LogP contribution in [-0.2, 0) is 7.05 Å². The number of aromatic nitrogens is 1. The summed E-state index contributed by atoms with van der Waals surface area (Å²) in [7, 11) is 2.12. The first-order valence-electron chi connectivity index (χ1n) is 7.28. The van der Waals surface area contributed by atoms with E-state index in [0.29, 0.717) is 0 Å². The molecule has 1 aromatic heterocycles. The summed E-state index contributed by atoms with van der Waals surface area (Å²) < 4.78 is 8.37. The van der Waals surface area contributed by atoms with Gasteiger partial charge in [-0.15, -0.1) is 0 Å². The van der Waals surface area contributed by atoms with E-state index in [-0.39, 0.29) is 0 Å². The van der Waals surface area contributed by atoms with Crippen molar-refractivity contribution in [1.82, 2.24) is 4.57 Å². The van der Waals surface area contributed by atoms with Gasteiger partial charge in [0, 0.05) is 23.3 Å². The van der Waals surface area contributed by atoms with Crippen molar-refractivity contribution in [3.63, 3.8) is 0 Å². The molecule has 2 heterocycles. The molecular formula is C19H13NOS. The number of ether oxygens (including phenoxy) is 1. The summed E-state index contributed by atoms with van der Waals surface area (Å²) in [6, 6.07) is 21.0. The van der Waals surface area contributed by atoms with Gasteiger partial charge in [0.25, 0.3) is 0 Å². The van der Waals surface area contributed by atoms with Gasteiger partial charge < -0.3 is 9.30 Å². The van der Waals surface area contributed by atoms with Crippen LogP contribution in [0.4, 0.5) is 0 Å². The quantitative estimate of drug-likeness (QED) is 0.370. The molecule has 0 atom stereocenters. The molecule has 22 heavy (non-hydrogen) atoms. The minimum atomic E-state index is 0.944. The maximum absolute atomic E-state index is 6.11. The Morgan fingerprint density at radius 1 is 0.818 bits per heavy atom. The van der Waals surface area contributed by atoms with Crippen molar-refractivity contribution < 1.29 is 4.74 Å². The highest BCUT2D eigenvalue weighted by molar-refractivity contribution is 7.99. The zero-order valence-corrected chi connectivity index (χ0v) is 12.9. The fourth-order valence-corrected chi connectivity index (χ4v) is 4.33. The molecule has 106 valence electrons. The van der Waals surface area contributed by atoms with E-state index in [4.69, 9.17) is 4.74 Å². The number of hydrogen-bond acceptors (Lipinski definition) is 2. The Bertz CT molecular complexity index is 1050. The van der Waals surface area contributed by atoms with Crippen molar-refractivity contribution >= 4 is 33.6 Å². The van der Waals surface area contributed by atoms with Gasteiger partial charge in [0.2, 0.25) is 0 Å². The fourth-order valence-electron chi connectivity index (χ4n) is 3.23. The van der Waals surface area contributed by atoms with E-state index in [9.17, 15) is 0 Å². The molecular weight excluding hydrogens is 290 g/mol. The maximum atomic E-state index is 6.11. The number of fused-ring (bicyclic) bond motifs is 6. The lowest BCUT2D eigenvalue weighted by Crippen LogP contribution is -1.95. The minimum absolute atomic E-state index is 0.944. The number of nitrogens with zero attached hydrogens (tertiary/aromatic N) is 1. The van der Waals surface area contributed by atoms with Crippen LogP contribution in [0.25, 0.3) is 21.8 Å². The van der Waals surface area contributed by atoms with Crippen molar-refractivity contribution in [2.24, 2.45) is 7.05 Å². The molecule has 0 N–H and O–H groups in total. The molecule has 2 nitrogen and oxygen atoms in total. The van der Waals surface area contributed by atoms with Gasteiger partial charge in [0.05, 0.1) is 15.3 Å². The van der Waals surface area contributed by atoms with Crippen LogP contribution in [0.15, 0.2) is 70.5 Å². The summed E-state index contributed by atoms with van der Waals surface area (Å²) in [5.74, 6) is 1.90. The Kier molecular flexibility index (Phi) is 2.38. The Morgan fingerprint density at radius 3 is 2.59 bits per heavy atom. The van der Waals surface area contributed by atoms with Gasteiger partial charge in [-0.3, -0.25) is 0 Å². The Morgan fingerprint density at radius 2 is 1.64 bits per heavy atom. The number of benzene rings is 3. The van der Waals surface area contributed by atoms with Crippen LogP contribution in [0.1, 0.15) is 0 Å². The van der Waals surface area contributed by atoms with Crippen LogP contribution in [0.2, 0.25) is 0 Å². The molecule has 1 aliphatic heterocycles. The number of rotatable bonds is 0. The van der Waals surface area contributed by atoms with Crippen molar-refractivity contribution in [2.45, 2.75) is 9.79 Å². The van der Waals surface area contributed by atoms with E-state index in [1.165, 1.54) is 31.6 Å². The second-order valence-corrected chi connectivity index (χ2v) is 6.57. The largest absolute Gasteiger partial charge is 0.455 e. The number of aryl methyl sites for hydroxylation is 1. The van der Waals surface area contributed by atoms with Gasteiger partial charge in [-0.05, 0) is 30.3 Å². The molecule has 0 radical (unpaired) electrons. The first-order valence-corrected chi connectivity index (χ1v) is 8.09. The molecule has 3 aromatic carbocycles. The summed E-state index contributed by atoms with van der Waals surface area (Å²) in [6.45, 7) is 0. The fraction of sp³-hybridized carbons (Fsp3) is 0.0526. The first kappa shape index (κ1) is 12.2. The molecule has 0 fully saturated rings. The Labute approximate surface area is 132 Å². The lowest BCUT2D eigenvalue weighted by atomic mass is 10.1. The molecule has 0 amide bonds. The van der Waals surface area contributed by atoms with E-state index >= 15 is 0 Å². The predicted octanol–water partition coefficient (Wildman–Crippen LogP) is 5.59. The lowest BCUT2D eigenvalue weighted by molar-refractivity contribution is 0.456. The third kappa shape index (κ3) is 1.52. The third-order valence-corrected chi connectivity index (χ3v) is 5.44. The molecule has 0 unspecified atom stereocenters. The van der Waals surface area contributed by atoms with Crippen molar-refractivity contribution in [3.8, 4) is 11.5 Å². The van der Waals surface area contributed by atoms with E-state index in [2.05, 4.69) is 60.1 Å². The summed E-state index contributed by atoms with van der Waals surface area (Å²) in [5, 5.41) is 2.57. The average molecular weight is 303 g/mol. The standard InChI is InChI=1S/C19H13NOS/c1-20-13-7-3-2-6-12(13)18-14(20)10-11-16-19(18)22-17-9-5-4-8-15(17)21-16/h2-11H,1H3.